The molecule has 1 aliphatic rings. The number of rotatable bonds is 4. The molecule has 1 aromatic heterocycles. The molecule has 1 fully saturated rings. The van der Waals surface area contributed by atoms with Crippen LogP contribution in [0.1, 0.15) is 27.2 Å². The molecule has 26 heavy (non-hydrogen) atoms. The maximum Gasteiger partial charge on any atom is 0.293 e. The summed E-state index contributed by atoms with van der Waals surface area (Å²) < 4.78 is 8.27. The first-order valence-electron chi connectivity index (χ1n) is 9.02. The number of anilines is 1. The van der Waals surface area contributed by atoms with E-state index in [4.69, 9.17) is 4.43 Å². The highest BCUT2D eigenvalue weighted by Crippen LogP contribution is 2.40. The van der Waals surface area contributed by atoms with Gasteiger partial charge in [0.15, 0.2) is 8.32 Å². The number of fused-ring (bicyclic) bond motifs is 1. The molecule has 1 saturated heterocycles. The molecular weight excluding hydrogens is 348 g/mol. The van der Waals surface area contributed by atoms with Crippen LogP contribution in [0.25, 0.3) is 10.9 Å². The zero-order chi connectivity index (χ0) is 19.3. The highest BCUT2D eigenvalue weighted by molar-refractivity contribution is 6.74. The van der Waals surface area contributed by atoms with Crippen LogP contribution in [-0.4, -0.2) is 42.2 Å². The van der Waals surface area contributed by atoms with Crippen LogP contribution in [-0.2, 0) is 11.5 Å². The fraction of sp³-hybridized carbons (Fsp3) is 0.611. The summed E-state index contributed by atoms with van der Waals surface area (Å²) in [6.45, 7) is 12.6. The molecule has 7 nitrogen and oxygen atoms in total. The summed E-state index contributed by atoms with van der Waals surface area (Å²) in [6, 6.07) is 3.51. The molecule has 0 saturated carbocycles. The lowest BCUT2D eigenvalue weighted by atomic mass is 10.2. The van der Waals surface area contributed by atoms with Gasteiger partial charge in [-0.2, -0.15) is 5.10 Å². The Morgan fingerprint density at radius 1 is 1.35 bits per heavy atom. The van der Waals surface area contributed by atoms with Crippen LogP contribution in [0.4, 0.5) is 11.4 Å². The minimum atomic E-state index is -1.85. The summed E-state index contributed by atoms with van der Waals surface area (Å²) in [5.41, 5.74) is 1.70. The zero-order valence-electron chi connectivity index (χ0n) is 16.4. The summed E-state index contributed by atoms with van der Waals surface area (Å²) in [4.78, 5) is 13.4. The van der Waals surface area contributed by atoms with Crippen LogP contribution in [0.3, 0.4) is 0 Å². The van der Waals surface area contributed by atoms with E-state index in [-0.39, 0.29) is 21.8 Å². The van der Waals surface area contributed by atoms with Crippen molar-refractivity contribution in [3.05, 3.63) is 28.4 Å². The Bertz CT molecular complexity index is 841. The van der Waals surface area contributed by atoms with E-state index in [1.165, 1.54) is 0 Å². The van der Waals surface area contributed by atoms with E-state index < -0.39 is 8.32 Å². The van der Waals surface area contributed by atoms with Crippen molar-refractivity contribution in [1.29, 1.82) is 0 Å². The van der Waals surface area contributed by atoms with Crippen LogP contribution in [0.5, 0.6) is 0 Å². The Morgan fingerprint density at radius 3 is 2.65 bits per heavy atom. The van der Waals surface area contributed by atoms with Gasteiger partial charge >= 0.3 is 0 Å². The quantitative estimate of drug-likeness (QED) is 0.457. The number of nitro groups is 1. The molecule has 0 radical (unpaired) electrons. The summed E-state index contributed by atoms with van der Waals surface area (Å²) >= 11 is 0. The van der Waals surface area contributed by atoms with E-state index in [1.54, 1.807) is 16.9 Å². The van der Waals surface area contributed by atoms with Gasteiger partial charge in [0.25, 0.3) is 5.69 Å². The molecule has 3 rings (SSSR count). The minimum Gasteiger partial charge on any atom is -0.412 e. The molecule has 0 N–H and O–H groups in total. The first-order valence-corrected chi connectivity index (χ1v) is 11.9. The molecule has 1 unspecified atom stereocenters. The van der Waals surface area contributed by atoms with E-state index >= 15 is 0 Å². The minimum absolute atomic E-state index is 0.123. The van der Waals surface area contributed by atoms with Gasteiger partial charge in [0.1, 0.15) is 5.69 Å². The Hall–Kier alpha value is -1.93. The van der Waals surface area contributed by atoms with Crippen LogP contribution in [0, 0.1) is 10.1 Å². The van der Waals surface area contributed by atoms with Crippen molar-refractivity contribution in [3.63, 3.8) is 0 Å². The fourth-order valence-electron chi connectivity index (χ4n) is 3.21. The number of hydrogen-bond donors (Lipinski definition) is 0. The second-order valence-corrected chi connectivity index (χ2v) is 13.4. The van der Waals surface area contributed by atoms with Crippen LogP contribution in [0.2, 0.25) is 18.1 Å². The largest absolute Gasteiger partial charge is 0.412 e. The Morgan fingerprint density at radius 2 is 2.04 bits per heavy atom. The number of aromatic nitrogens is 2. The molecule has 8 heteroatoms. The third-order valence-corrected chi connectivity index (χ3v) is 10.3. The Labute approximate surface area is 155 Å². The molecule has 1 atom stereocenters. The smallest absolute Gasteiger partial charge is 0.293 e. The molecular formula is C18H28N4O3Si. The molecule has 2 heterocycles. The Balaban J connectivity index is 1.87. The standard InChI is InChI=1S/C18H28N4O3Si/c1-18(2,3)26(5,6)25-14-7-8-21(12-14)16-10-15-13(11-19-20(15)4)9-17(16)22(23)24/h9-11,14H,7-8,12H2,1-6H3. The molecule has 0 amide bonds. The van der Waals surface area contributed by atoms with Crippen LogP contribution in [0.15, 0.2) is 18.3 Å². The second-order valence-electron chi connectivity index (χ2n) is 8.66. The number of nitrogens with zero attached hydrogens (tertiary/aromatic N) is 4. The zero-order valence-corrected chi connectivity index (χ0v) is 17.4. The van der Waals surface area contributed by atoms with E-state index in [9.17, 15) is 10.1 Å². The molecule has 0 spiro atoms. The lowest BCUT2D eigenvalue weighted by Gasteiger charge is -2.38. The van der Waals surface area contributed by atoms with Crippen molar-refractivity contribution in [2.45, 2.75) is 51.4 Å². The van der Waals surface area contributed by atoms with Gasteiger partial charge in [-0.25, -0.2) is 0 Å². The highest BCUT2D eigenvalue weighted by atomic mass is 28.4. The number of nitro benzene ring substituents is 1. The lowest BCUT2D eigenvalue weighted by Crippen LogP contribution is -2.44. The lowest BCUT2D eigenvalue weighted by molar-refractivity contribution is -0.384. The Kier molecular flexibility index (Phi) is 4.60. The fourth-order valence-corrected chi connectivity index (χ4v) is 4.59. The van der Waals surface area contributed by atoms with Crippen molar-refractivity contribution in [3.8, 4) is 0 Å². The first kappa shape index (κ1) is 18.8. The number of benzene rings is 1. The highest BCUT2D eigenvalue weighted by Gasteiger charge is 2.41. The van der Waals surface area contributed by atoms with E-state index in [0.717, 1.165) is 23.9 Å². The van der Waals surface area contributed by atoms with Gasteiger partial charge < -0.3 is 9.33 Å². The summed E-state index contributed by atoms with van der Waals surface area (Å²) in [7, 11) is 0.0000906. The van der Waals surface area contributed by atoms with Crippen molar-refractivity contribution >= 4 is 30.6 Å². The van der Waals surface area contributed by atoms with Gasteiger partial charge in [-0.15, -0.1) is 0 Å². The third-order valence-electron chi connectivity index (χ3n) is 5.79. The number of aryl methyl sites for hydroxylation is 1. The third kappa shape index (κ3) is 3.35. The van der Waals surface area contributed by atoms with E-state index in [2.05, 4.69) is 43.9 Å². The summed E-state index contributed by atoms with van der Waals surface area (Å²) in [6.07, 6.45) is 2.68. The van der Waals surface area contributed by atoms with Crippen molar-refractivity contribution in [2.75, 3.05) is 18.0 Å². The summed E-state index contributed by atoms with van der Waals surface area (Å²) in [5, 5.41) is 16.7. The monoisotopic (exact) mass is 376 g/mol. The SMILES string of the molecule is Cn1ncc2cc([N+](=O)[O-])c(N3CCC(O[Si](C)(C)C(C)(C)C)C3)cc21. The van der Waals surface area contributed by atoms with Gasteiger partial charge in [0.05, 0.1) is 22.7 Å². The van der Waals surface area contributed by atoms with Gasteiger partial charge in [-0.05, 0) is 30.6 Å². The predicted molar refractivity (Wildman–Crippen MR) is 106 cm³/mol. The molecule has 1 aliphatic heterocycles. The van der Waals surface area contributed by atoms with Gasteiger partial charge in [0, 0.05) is 31.6 Å². The maximum atomic E-state index is 11.6. The average molecular weight is 377 g/mol. The predicted octanol–water partition coefficient (Wildman–Crippen LogP) is 4.08. The van der Waals surface area contributed by atoms with Crippen LogP contribution >= 0.6 is 0 Å². The van der Waals surface area contributed by atoms with Crippen LogP contribution < -0.4 is 4.90 Å². The molecule has 0 aliphatic carbocycles. The average Bonchev–Trinajstić information content (AvgIpc) is 3.11. The van der Waals surface area contributed by atoms with E-state index in [0.29, 0.717) is 12.2 Å². The molecule has 142 valence electrons. The number of hydrogen-bond acceptors (Lipinski definition) is 5. The van der Waals surface area contributed by atoms with Crippen molar-refractivity contribution < 1.29 is 9.35 Å². The van der Waals surface area contributed by atoms with Gasteiger partial charge in [-0.3, -0.25) is 14.8 Å². The molecule has 0 bridgehead atoms. The van der Waals surface area contributed by atoms with Gasteiger partial charge in [0.2, 0.25) is 0 Å². The molecule has 2 aromatic rings. The second kappa shape index (κ2) is 6.35. The van der Waals surface area contributed by atoms with Crippen molar-refractivity contribution in [2.24, 2.45) is 7.05 Å². The van der Waals surface area contributed by atoms with E-state index in [1.807, 2.05) is 13.1 Å². The van der Waals surface area contributed by atoms with Crippen molar-refractivity contribution in [1.82, 2.24) is 9.78 Å². The molecule has 1 aromatic carbocycles. The summed E-state index contributed by atoms with van der Waals surface area (Å²) in [5.74, 6) is 0. The topological polar surface area (TPSA) is 73.4 Å². The first-order chi connectivity index (χ1) is 12.0. The maximum absolute atomic E-state index is 11.6. The van der Waals surface area contributed by atoms with Gasteiger partial charge in [-0.1, -0.05) is 20.8 Å². The normalized spacial score (nSPS) is 18.7.